The first-order chi connectivity index (χ1) is 15.0. The van der Waals surface area contributed by atoms with Gasteiger partial charge >= 0.3 is 0 Å². The summed E-state index contributed by atoms with van der Waals surface area (Å²) in [4.78, 5) is 39.0. The lowest BCUT2D eigenvalue weighted by molar-refractivity contribution is -0.141. The topological polar surface area (TPSA) is 84.3 Å². The molecule has 0 spiro atoms. The minimum Gasteiger partial charge on any atom is -0.494 e. The predicted octanol–water partition coefficient (Wildman–Crippen LogP) is 2.72. The summed E-state index contributed by atoms with van der Waals surface area (Å²) in [6, 6.07) is 11.3. The van der Waals surface area contributed by atoms with Crippen molar-refractivity contribution in [2.45, 2.75) is 25.0 Å². The Labute approximate surface area is 188 Å². The van der Waals surface area contributed by atoms with Gasteiger partial charge in [-0.25, -0.2) is 4.98 Å². The summed E-state index contributed by atoms with van der Waals surface area (Å²) in [7, 11) is 3.25. The number of pyridine rings is 1. The third kappa shape index (κ3) is 4.41. The molecule has 2 aliphatic heterocycles. The number of halogens is 1. The van der Waals surface area contributed by atoms with Crippen molar-refractivity contribution in [1.29, 1.82) is 0 Å². The Morgan fingerprint density at radius 3 is 2.81 bits per heavy atom. The van der Waals surface area contributed by atoms with E-state index in [-0.39, 0.29) is 17.9 Å². The van der Waals surface area contributed by atoms with Crippen LogP contribution in [0.5, 0.6) is 5.75 Å². The maximum absolute atomic E-state index is 13.0. The number of benzene rings is 1. The number of carbonyl (C=O) groups is 2. The summed E-state index contributed by atoms with van der Waals surface area (Å²) < 4.78 is 5.84. The molecule has 162 valence electrons. The molecule has 1 aromatic heterocycles. The van der Waals surface area contributed by atoms with E-state index in [2.05, 4.69) is 26.1 Å². The number of aromatic nitrogens is 1. The number of carbonyl (C=O) groups excluding carboxylic acids is 2. The molecule has 9 heteroatoms. The second-order valence-electron chi connectivity index (χ2n) is 7.55. The largest absolute Gasteiger partial charge is 0.494 e. The highest BCUT2D eigenvalue weighted by Crippen LogP contribution is 2.26. The summed E-state index contributed by atoms with van der Waals surface area (Å²) >= 11 is 3.30. The van der Waals surface area contributed by atoms with Crippen LogP contribution < -0.4 is 4.74 Å². The van der Waals surface area contributed by atoms with E-state index in [1.54, 1.807) is 22.9 Å². The van der Waals surface area contributed by atoms with Gasteiger partial charge in [-0.1, -0.05) is 35.5 Å². The third-order valence-corrected chi connectivity index (χ3v) is 6.11. The minimum atomic E-state index is -0.619. The molecule has 31 heavy (non-hydrogen) atoms. The average Bonchev–Trinajstić information content (AvgIpc) is 3.48. The Morgan fingerprint density at radius 2 is 2.06 bits per heavy atom. The molecule has 1 aromatic carbocycles. The number of methoxy groups -OCH3 is 1. The van der Waals surface area contributed by atoms with Crippen LogP contribution in [-0.2, 0) is 9.63 Å². The van der Waals surface area contributed by atoms with Gasteiger partial charge in [-0.15, -0.1) is 0 Å². The molecule has 1 fully saturated rings. The molecular formula is C22H23BrN4O4. The van der Waals surface area contributed by atoms with Crippen LogP contribution in [0.15, 0.2) is 52.4 Å². The maximum Gasteiger partial charge on any atom is 0.266 e. The number of likely N-dealkylation sites (N-methyl/N-ethyl adjacent to an activating group) is 1. The number of likely N-dealkylation sites (tertiary alicyclic amines) is 1. The minimum absolute atomic E-state index is 0.0935. The number of hydrogen-bond acceptors (Lipinski definition) is 6. The highest BCUT2D eigenvalue weighted by molar-refractivity contribution is 9.10. The van der Waals surface area contributed by atoms with Gasteiger partial charge in [0.25, 0.3) is 11.8 Å². The molecule has 2 amide bonds. The van der Waals surface area contributed by atoms with Crippen molar-refractivity contribution >= 4 is 33.5 Å². The van der Waals surface area contributed by atoms with Gasteiger partial charge in [-0.05, 0) is 34.0 Å². The molecule has 0 bridgehead atoms. The summed E-state index contributed by atoms with van der Waals surface area (Å²) in [5.74, 6) is 0.143. The van der Waals surface area contributed by atoms with Crippen molar-refractivity contribution in [3.63, 3.8) is 0 Å². The Hall–Kier alpha value is -2.94. The second-order valence-corrected chi connectivity index (χ2v) is 8.36. The van der Waals surface area contributed by atoms with Crippen LogP contribution in [0.4, 0.5) is 0 Å². The first kappa shape index (κ1) is 21.3. The zero-order valence-electron chi connectivity index (χ0n) is 17.3. The Balaban J connectivity index is 1.38. The van der Waals surface area contributed by atoms with Crippen molar-refractivity contribution in [3.05, 3.63) is 58.3 Å². The molecule has 2 aromatic rings. The van der Waals surface area contributed by atoms with Gasteiger partial charge in [-0.2, -0.15) is 0 Å². The fourth-order valence-electron chi connectivity index (χ4n) is 3.88. The molecule has 1 saturated heterocycles. The molecule has 0 N–H and O–H groups in total. The number of rotatable bonds is 5. The lowest BCUT2D eigenvalue weighted by Crippen LogP contribution is -2.42. The van der Waals surface area contributed by atoms with E-state index in [0.717, 1.165) is 11.3 Å². The van der Waals surface area contributed by atoms with Crippen LogP contribution in [-0.4, -0.2) is 71.7 Å². The van der Waals surface area contributed by atoms with E-state index in [9.17, 15) is 9.59 Å². The highest BCUT2D eigenvalue weighted by Gasteiger charge is 2.38. The van der Waals surface area contributed by atoms with Crippen LogP contribution in [0.1, 0.15) is 28.8 Å². The number of amides is 2. The van der Waals surface area contributed by atoms with Crippen molar-refractivity contribution < 1.29 is 19.2 Å². The summed E-state index contributed by atoms with van der Waals surface area (Å²) in [6.07, 6.45) is 2.03. The van der Waals surface area contributed by atoms with Gasteiger partial charge in [-0.3, -0.25) is 9.59 Å². The third-order valence-electron chi connectivity index (χ3n) is 5.68. The maximum atomic E-state index is 13.0. The molecule has 8 nitrogen and oxygen atoms in total. The summed E-state index contributed by atoms with van der Waals surface area (Å²) in [6.45, 7) is 1.02. The molecule has 4 rings (SSSR count). The fourth-order valence-corrected chi connectivity index (χ4v) is 4.21. The second kappa shape index (κ2) is 9.05. The fraction of sp³-hybridized carbons (Fsp3) is 0.364. The highest BCUT2D eigenvalue weighted by atomic mass is 79.9. The van der Waals surface area contributed by atoms with Crippen LogP contribution in [0, 0.1) is 0 Å². The molecule has 2 aliphatic rings. The monoisotopic (exact) mass is 486 g/mol. The van der Waals surface area contributed by atoms with E-state index in [4.69, 9.17) is 9.57 Å². The van der Waals surface area contributed by atoms with Crippen molar-refractivity contribution in [2.24, 2.45) is 5.16 Å². The molecule has 0 aliphatic carbocycles. The van der Waals surface area contributed by atoms with Gasteiger partial charge < -0.3 is 19.4 Å². The Morgan fingerprint density at radius 1 is 1.29 bits per heavy atom. The molecule has 3 heterocycles. The average molecular weight is 487 g/mol. The zero-order valence-corrected chi connectivity index (χ0v) is 18.9. The van der Waals surface area contributed by atoms with Crippen molar-refractivity contribution in [2.75, 3.05) is 27.2 Å². The van der Waals surface area contributed by atoms with Crippen LogP contribution in [0.2, 0.25) is 0 Å². The predicted molar refractivity (Wildman–Crippen MR) is 118 cm³/mol. The smallest absolute Gasteiger partial charge is 0.266 e. The number of ether oxygens (including phenoxy) is 1. The van der Waals surface area contributed by atoms with E-state index in [1.165, 1.54) is 13.3 Å². The number of nitrogens with zero attached hydrogens (tertiary/aromatic N) is 4. The van der Waals surface area contributed by atoms with Crippen LogP contribution >= 0.6 is 15.9 Å². The lowest BCUT2D eigenvalue weighted by Gasteiger charge is -2.26. The normalized spacial score (nSPS) is 20.2. The first-order valence-electron chi connectivity index (χ1n) is 10.0. The van der Waals surface area contributed by atoms with Crippen LogP contribution in [0.25, 0.3) is 0 Å². The first-order valence-corrected chi connectivity index (χ1v) is 10.8. The SMILES string of the molecule is COc1cnc(Br)cc1C(=O)N(C)C1CCN(C(=O)C2CC(c3ccccc3)=NO2)C1. The molecule has 0 radical (unpaired) electrons. The van der Waals surface area contributed by atoms with Gasteiger partial charge in [0.15, 0.2) is 0 Å². The Bertz CT molecular complexity index is 1010. The van der Waals surface area contributed by atoms with Gasteiger partial charge in [0.2, 0.25) is 6.10 Å². The van der Waals surface area contributed by atoms with E-state index >= 15 is 0 Å². The summed E-state index contributed by atoms with van der Waals surface area (Å²) in [5, 5.41) is 4.11. The van der Waals surface area contributed by atoms with Crippen LogP contribution in [0.3, 0.4) is 0 Å². The van der Waals surface area contributed by atoms with E-state index in [0.29, 0.717) is 41.8 Å². The Kier molecular flexibility index (Phi) is 6.22. The van der Waals surface area contributed by atoms with Crippen molar-refractivity contribution in [3.8, 4) is 5.75 Å². The van der Waals surface area contributed by atoms with E-state index < -0.39 is 6.10 Å². The molecule has 2 atom stereocenters. The summed E-state index contributed by atoms with van der Waals surface area (Å²) in [5.41, 5.74) is 2.16. The quantitative estimate of drug-likeness (QED) is 0.606. The molecule has 2 unspecified atom stereocenters. The molecular weight excluding hydrogens is 464 g/mol. The molecule has 0 saturated carbocycles. The zero-order chi connectivity index (χ0) is 22.0. The number of hydrogen-bond donors (Lipinski definition) is 0. The van der Waals surface area contributed by atoms with Crippen molar-refractivity contribution in [1.82, 2.24) is 14.8 Å². The standard InChI is InChI=1S/C22H23BrN4O4/c1-26(21(28)16-10-20(23)24-12-19(16)30-2)15-8-9-27(13-15)22(29)18-11-17(25-31-18)14-6-4-3-5-7-14/h3-7,10,12,15,18H,8-9,11,13H2,1-2H3. The number of oxime groups is 1. The van der Waals surface area contributed by atoms with Gasteiger partial charge in [0.1, 0.15) is 10.4 Å². The van der Waals surface area contributed by atoms with E-state index in [1.807, 2.05) is 30.3 Å². The lowest BCUT2D eigenvalue weighted by atomic mass is 10.0. The van der Waals surface area contributed by atoms with Gasteiger partial charge in [0, 0.05) is 26.6 Å². The van der Waals surface area contributed by atoms with Gasteiger partial charge in [0.05, 0.1) is 30.6 Å².